The number of nitro groups is 1. The molecule has 0 unspecified atom stereocenters. The summed E-state index contributed by atoms with van der Waals surface area (Å²) in [5.41, 5.74) is 0. The van der Waals surface area contributed by atoms with E-state index < -0.39 is 4.92 Å². The Bertz CT molecular complexity index is 260. The van der Waals surface area contributed by atoms with Crippen LogP contribution in [0.1, 0.15) is 6.92 Å². The van der Waals surface area contributed by atoms with Crippen LogP contribution in [0, 0.1) is 10.1 Å². The van der Waals surface area contributed by atoms with E-state index in [-0.39, 0.29) is 5.00 Å². The number of anilines is 1. The smallest absolute Gasteiger partial charge is 0.345 e. The van der Waals surface area contributed by atoms with Gasteiger partial charge in [-0.3, -0.25) is 10.1 Å². The number of rotatable bonds is 3. The van der Waals surface area contributed by atoms with Crippen molar-refractivity contribution >= 4 is 21.5 Å². The number of nitrogens with zero attached hydrogens (tertiary/aromatic N) is 2. The standard InChI is InChI=1S/C5H7N3O2S/c1-2-6-5-7-3-4(11-5)8(9)10/h3H,2H2,1H3,(H,6,7). The van der Waals surface area contributed by atoms with Crippen molar-refractivity contribution in [3.05, 3.63) is 16.3 Å². The molecule has 0 aliphatic carbocycles. The maximum atomic E-state index is 10.2. The molecule has 11 heavy (non-hydrogen) atoms. The molecule has 0 bridgehead atoms. The van der Waals surface area contributed by atoms with E-state index in [4.69, 9.17) is 0 Å². The Morgan fingerprint density at radius 3 is 3.09 bits per heavy atom. The fourth-order valence-electron chi connectivity index (χ4n) is 0.583. The zero-order valence-corrected chi connectivity index (χ0v) is 6.72. The van der Waals surface area contributed by atoms with Crippen LogP contribution in [0.4, 0.5) is 10.1 Å². The zero-order valence-electron chi connectivity index (χ0n) is 5.90. The third-order valence-electron chi connectivity index (χ3n) is 1.00. The van der Waals surface area contributed by atoms with Gasteiger partial charge in [0.05, 0.1) is 4.92 Å². The van der Waals surface area contributed by atoms with E-state index in [1.807, 2.05) is 6.92 Å². The molecule has 60 valence electrons. The Morgan fingerprint density at radius 2 is 2.64 bits per heavy atom. The molecule has 0 aliphatic rings. The van der Waals surface area contributed by atoms with Crippen molar-refractivity contribution in [1.82, 2.24) is 4.98 Å². The molecule has 0 aliphatic heterocycles. The van der Waals surface area contributed by atoms with Gasteiger partial charge in [-0.05, 0) is 18.3 Å². The van der Waals surface area contributed by atoms with Crippen LogP contribution in [0.3, 0.4) is 0 Å². The molecule has 6 heteroatoms. The van der Waals surface area contributed by atoms with E-state index in [0.29, 0.717) is 5.13 Å². The second-order valence-corrected chi connectivity index (χ2v) is 2.80. The molecule has 0 aromatic carbocycles. The van der Waals surface area contributed by atoms with Gasteiger partial charge in [0.25, 0.3) is 0 Å². The predicted molar refractivity (Wildman–Crippen MR) is 42.9 cm³/mol. The van der Waals surface area contributed by atoms with Gasteiger partial charge in [0.1, 0.15) is 6.20 Å². The van der Waals surface area contributed by atoms with E-state index in [9.17, 15) is 10.1 Å². The Kier molecular flexibility index (Phi) is 2.37. The lowest BCUT2D eigenvalue weighted by molar-refractivity contribution is -0.380. The Balaban J connectivity index is 2.73. The third kappa shape index (κ3) is 1.87. The minimum absolute atomic E-state index is 0.0703. The van der Waals surface area contributed by atoms with Gasteiger partial charge in [0.2, 0.25) is 0 Å². The van der Waals surface area contributed by atoms with Crippen molar-refractivity contribution in [3.63, 3.8) is 0 Å². The Labute approximate surface area is 67.2 Å². The van der Waals surface area contributed by atoms with Crippen LogP contribution < -0.4 is 5.32 Å². The highest BCUT2D eigenvalue weighted by atomic mass is 32.1. The number of thiazole rings is 1. The van der Waals surface area contributed by atoms with Crippen LogP contribution in [0.5, 0.6) is 0 Å². The van der Waals surface area contributed by atoms with E-state index in [1.54, 1.807) is 0 Å². The molecule has 0 saturated carbocycles. The molecule has 0 saturated heterocycles. The molecule has 0 fully saturated rings. The molecule has 1 N–H and O–H groups in total. The first kappa shape index (κ1) is 7.93. The quantitative estimate of drug-likeness (QED) is 0.555. The second-order valence-electron chi connectivity index (χ2n) is 1.79. The summed E-state index contributed by atoms with van der Waals surface area (Å²) in [7, 11) is 0. The zero-order chi connectivity index (χ0) is 8.27. The maximum Gasteiger partial charge on any atom is 0.345 e. The highest BCUT2D eigenvalue weighted by Gasteiger charge is 2.09. The maximum absolute atomic E-state index is 10.2. The van der Waals surface area contributed by atoms with Gasteiger partial charge in [0.15, 0.2) is 5.13 Å². The van der Waals surface area contributed by atoms with Crippen molar-refractivity contribution in [1.29, 1.82) is 0 Å². The van der Waals surface area contributed by atoms with Gasteiger partial charge in [-0.1, -0.05) is 0 Å². The first-order valence-corrected chi connectivity index (χ1v) is 3.89. The molecule has 1 aromatic heterocycles. The van der Waals surface area contributed by atoms with E-state index in [1.165, 1.54) is 6.20 Å². The summed E-state index contributed by atoms with van der Waals surface area (Å²) >= 11 is 1.04. The molecule has 0 amide bonds. The summed E-state index contributed by atoms with van der Waals surface area (Å²) in [4.78, 5) is 13.5. The van der Waals surface area contributed by atoms with Crippen molar-refractivity contribution in [2.24, 2.45) is 0 Å². The van der Waals surface area contributed by atoms with Crippen LogP contribution in [0.2, 0.25) is 0 Å². The van der Waals surface area contributed by atoms with Crippen LogP contribution in [-0.4, -0.2) is 16.5 Å². The van der Waals surface area contributed by atoms with Crippen molar-refractivity contribution in [2.75, 3.05) is 11.9 Å². The van der Waals surface area contributed by atoms with Gasteiger partial charge in [-0.25, -0.2) is 4.98 Å². The SMILES string of the molecule is CCNc1ncc([N+](=O)[O-])s1. The van der Waals surface area contributed by atoms with Crippen molar-refractivity contribution in [3.8, 4) is 0 Å². The topological polar surface area (TPSA) is 68.1 Å². The molecule has 5 nitrogen and oxygen atoms in total. The summed E-state index contributed by atoms with van der Waals surface area (Å²) in [5, 5.41) is 13.7. The van der Waals surface area contributed by atoms with Gasteiger partial charge in [0, 0.05) is 6.54 Å². The Morgan fingerprint density at radius 1 is 1.91 bits per heavy atom. The van der Waals surface area contributed by atoms with Crippen molar-refractivity contribution < 1.29 is 4.92 Å². The summed E-state index contributed by atoms with van der Waals surface area (Å²) in [6.07, 6.45) is 1.25. The lowest BCUT2D eigenvalue weighted by atomic mass is 10.8. The fourth-order valence-corrected chi connectivity index (χ4v) is 1.28. The van der Waals surface area contributed by atoms with Gasteiger partial charge >= 0.3 is 5.00 Å². The molecular formula is C5H7N3O2S. The monoisotopic (exact) mass is 173 g/mol. The van der Waals surface area contributed by atoms with Crippen LogP contribution in [0.15, 0.2) is 6.20 Å². The normalized spacial score (nSPS) is 9.55. The first-order chi connectivity index (χ1) is 5.24. The van der Waals surface area contributed by atoms with Gasteiger partial charge in [-0.15, -0.1) is 0 Å². The Hall–Kier alpha value is -1.17. The number of hydrogen-bond acceptors (Lipinski definition) is 5. The predicted octanol–water partition coefficient (Wildman–Crippen LogP) is 1.48. The summed E-state index contributed by atoms with van der Waals surface area (Å²) in [6, 6.07) is 0. The lowest BCUT2D eigenvalue weighted by Gasteiger charge is -1.91. The summed E-state index contributed by atoms with van der Waals surface area (Å²) in [5.74, 6) is 0. The highest BCUT2D eigenvalue weighted by Crippen LogP contribution is 2.24. The first-order valence-electron chi connectivity index (χ1n) is 3.08. The molecular weight excluding hydrogens is 166 g/mol. The molecule has 0 atom stereocenters. The largest absolute Gasteiger partial charge is 0.362 e. The van der Waals surface area contributed by atoms with E-state index >= 15 is 0 Å². The third-order valence-corrected chi connectivity index (χ3v) is 1.91. The minimum Gasteiger partial charge on any atom is -0.362 e. The van der Waals surface area contributed by atoms with Crippen LogP contribution in [-0.2, 0) is 0 Å². The number of aromatic nitrogens is 1. The average molecular weight is 173 g/mol. The van der Waals surface area contributed by atoms with Crippen molar-refractivity contribution in [2.45, 2.75) is 6.92 Å². The summed E-state index contributed by atoms with van der Waals surface area (Å²) in [6.45, 7) is 2.64. The van der Waals surface area contributed by atoms with Crippen LogP contribution in [0.25, 0.3) is 0 Å². The number of hydrogen-bond donors (Lipinski definition) is 1. The summed E-state index contributed by atoms with van der Waals surface area (Å²) < 4.78 is 0. The van der Waals surface area contributed by atoms with E-state index in [0.717, 1.165) is 17.9 Å². The molecule has 1 heterocycles. The molecule has 1 rings (SSSR count). The average Bonchev–Trinajstić information content (AvgIpc) is 2.37. The highest BCUT2D eigenvalue weighted by molar-refractivity contribution is 7.18. The lowest BCUT2D eigenvalue weighted by Crippen LogP contribution is -1.94. The molecule has 1 aromatic rings. The van der Waals surface area contributed by atoms with E-state index in [2.05, 4.69) is 10.3 Å². The number of nitrogens with one attached hydrogen (secondary N) is 1. The molecule has 0 radical (unpaired) electrons. The minimum atomic E-state index is -0.446. The second kappa shape index (κ2) is 3.29. The van der Waals surface area contributed by atoms with Gasteiger partial charge < -0.3 is 5.32 Å². The fraction of sp³-hybridized carbons (Fsp3) is 0.400. The van der Waals surface area contributed by atoms with Gasteiger partial charge in [-0.2, -0.15) is 0 Å². The molecule has 0 spiro atoms. The van der Waals surface area contributed by atoms with Crippen LogP contribution >= 0.6 is 11.3 Å².